The van der Waals surface area contributed by atoms with Crippen molar-refractivity contribution in [2.45, 2.75) is 74.1 Å². The number of aliphatic hydroxyl groups is 1. The third kappa shape index (κ3) is 11.4. The molecule has 59 heavy (non-hydrogen) atoms. The lowest BCUT2D eigenvalue weighted by atomic mass is 9.84. The second-order valence-corrected chi connectivity index (χ2v) is 17.6. The molecule has 6 rings (SSSR count). The molecule has 310 valence electrons. The molecule has 1 saturated heterocycles. The highest BCUT2D eigenvalue weighted by atomic mass is 32.2. The molecule has 1 fully saturated rings. The summed E-state index contributed by atoms with van der Waals surface area (Å²) in [6, 6.07) is 43.1. The molecule has 1 heterocycles. The van der Waals surface area contributed by atoms with E-state index in [1.807, 2.05) is 62.9 Å². The van der Waals surface area contributed by atoms with E-state index in [0.29, 0.717) is 43.7 Å². The predicted octanol–water partition coefficient (Wildman–Crippen LogP) is 8.94. The lowest BCUT2D eigenvalue weighted by Gasteiger charge is -2.37. The molecule has 0 radical (unpaired) electrons. The first-order valence-electron chi connectivity index (χ1n) is 20.4. The van der Waals surface area contributed by atoms with E-state index in [-0.39, 0.29) is 29.6 Å². The average molecular weight is 818 g/mol. The highest BCUT2D eigenvalue weighted by molar-refractivity contribution is 8.01. The topological polar surface area (TPSA) is 100 Å². The maximum Gasteiger partial charge on any atom is 0.414 e. The molecule has 0 unspecified atom stereocenters. The van der Waals surface area contributed by atoms with Crippen molar-refractivity contribution in [1.29, 1.82) is 0 Å². The maximum atomic E-state index is 14.2. The molecule has 0 bridgehead atoms. The Morgan fingerprint density at radius 1 is 0.864 bits per heavy atom. The fraction of sp³-hybridized carbons (Fsp3) is 0.347. The van der Waals surface area contributed by atoms with Crippen molar-refractivity contribution in [2.24, 2.45) is 0 Å². The largest absolute Gasteiger partial charge is 0.443 e. The third-order valence-corrected chi connectivity index (χ3v) is 12.3. The number of carbonyl (C=O) groups is 2. The van der Waals surface area contributed by atoms with E-state index < -0.39 is 22.5 Å². The summed E-state index contributed by atoms with van der Waals surface area (Å²) in [5, 5.41) is 17.0. The van der Waals surface area contributed by atoms with Crippen molar-refractivity contribution < 1.29 is 28.6 Å². The zero-order chi connectivity index (χ0) is 41.8. The summed E-state index contributed by atoms with van der Waals surface area (Å²) < 4.78 is 24.4. The molecule has 1 aliphatic rings. The zero-order valence-corrected chi connectivity index (χ0v) is 35.2. The SMILES string of the molecule is COCC[C@@H](CO)NC(=O)c1cc(N(C[C@@H]2C[C@H](SC(c3ccccc3)(c3ccccc3)c3ccccc3)CN2)C(=O)OC(C)(C)C)ccc1CCc1ccc(F)cc1. The number of nitrogens with zero attached hydrogens (tertiary/aromatic N) is 1. The fourth-order valence-electron chi connectivity index (χ4n) is 7.63. The number of amides is 2. The van der Waals surface area contributed by atoms with Gasteiger partial charge in [0.1, 0.15) is 11.4 Å². The monoisotopic (exact) mass is 817 g/mol. The van der Waals surface area contributed by atoms with Gasteiger partial charge in [0.05, 0.1) is 17.4 Å². The summed E-state index contributed by atoms with van der Waals surface area (Å²) in [6.07, 6.45) is 1.77. The molecule has 0 spiro atoms. The number of anilines is 1. The number of hydrogen-bond acceptors (Lipinski definition) is 7. The van der Waals surface area contributed by atoms with Crippen molar-refractivity contribution >= 4 is 29.4 Å². The number of carbonyl (C=O) groups excluding carboxylic acids is 2. The van der Waals surface area contributed by atoms with E-state index in [1.165, 1.54) is 28.8 Å². The van der Waals surface area contributed by atoms with Crippen LogP contribution in [0.4, 0.5) is 14.9 Å². The number of methoxy groups -OCH3 is 1. The van der Waals surface area contributed by atoms with Crippen LogP contribution in [0.5, 0.6) is 0 Å². The lowest BCUT2D eigenvalue weighted by molar-refractivity contribution is 0.0577. The number of aryl methyl sites for hydroxylation is 2. The molecular formula is C49H56FN3O5S. The van der Waals surface area contributed by atoms with Crippen molar-refractivity contribution in [1.82, 2.24) is 10.6 Å². The van der Waals surface area contributed by atoms with Crippen LogP contribution in [0.3, 0.4) is 0 Å². The van der Waals surface area contributed by atoms with Gasteiger partial charge in [-0.15, -0.1) is 11.8 Å². The van der Waals surface area contributed by atoms with Gasteiger partial charge in [0.15, 0.2) is 0 Å². The second kappa shape index (κ2) is 20.3. The molecule has 3 N–H and O–H groups in total. The molecule has 5 aromatic carbocycles. The molecule has 10 heteroatoms. The van der Waals surface area contributed by atoms with Crippen molar-refractivity contribution in [3.8, 4) is 0 Å². The molecule has 0 saturated carbocycles. The molecule has 2 amide bonds. The van der Waals surface area contributed by atoms with Crippen molar-refractivity contribution in [2.75, 3.05) is 38.3 Å². The number of halogens is 1. The molecule has 8 nitrogen and oxygen atoms in total. The minimum atomic E-state index is -0.761. The summed E-state index contributed by atoms with van der Waals surface area (Å²) in [4.78, 5) is 29.8. The van der Waals surface area contributed by atoms with Crippen LogP contribution in [0.25, 0.3) is 0 Å². The van der Waals surface area contributed by atoms with Crippen LogP contribution in [-0.2, 0) is 27.1 Å². The van der Waals surface area contributed by atoms with Gasteiger partial charge in [-0.05, 0) is 98.5 Å². The highest BCUT2D eigenvalue weighted by Gasteiger charge is 2.42. The summed E-state index contributed by atoms with van der Waals surface area (Å²) in [5.74, 6) is -0.675. The predicted molar refractivity (Wildman–Crippen MR) is 236 cm³/mol. The third-order valence-electron chi connectivity index (χ3n) is 10.6. The molecule has 3 atom stereocenters. The molecule has 1 aliphatic heterocycles. The molecular weight excluding hydrogens is 762 g/mol. The number of nitrogens with one attached hydrogen (secondary N) is 2. The van der Waals surface area contributed by atoms with Gasteiger partial charge in [-0.1, -0.05) is 109 Å². The Balaban J connectivity index is 1.31. The number of hydrogen-bond donors (Lipinski definition) is 3. The Hall–Kier alpha value is -5.00. The number of thioether (sulfide) groups is 1. The molecule has 5 aromatic rings. The van der Waals surface area contributed by atoms with Crippen LogP contribution in [0.2, 0.25) is 0 Å². The second-order valence-electron chi connectivity index (χ2n) is 16.1. The van der Waals surface area contributed by atoms with Gasteiger partial charge in [-0.2, -0.15) is 0 Å². The van der Waals surface area contributed by atoms with E-state index in [1.54, 1.807) is 30.2 Å². The molecule has 0 aliphatic carbocycles. The fourth-order valence-corrected chi connectivity index (χ4v) is 9.46. The van der Waals surface area contributed by atoms with E-state index in [9.17, 15) is 19.1 Å². The minimum absolute atomic E-state index is 0.0803. The van der Waals surface area contributed by atoms with Crippen LogP contribution in [0, 0.1) is 5.82 Å². The van der Waals surface area contributed by atoms with Crippen LogP contribution in [0.1, 0.15) is 71.8 Å². The van der Waals surface area contributed by atoms with Gasteiger partial charge in [0, 0.05) is 49.3 Å². The zero-order valence-electron chi connectivity index (χ0n) is 34.4. The lowest BCUT2D eigenvalue weighted by Crippen LogP contribution is -2.44. The summed E-state index contributed by atoms with van der Waals surface area (Å²) in [6.45, 7) is 6.67. The summed E-state index contributed by atoms with van der Waals surface area (Å²) >= 11 is 1.93. The summed E-state index contributed by atoms with van der Waals surface area (Å²) in [7, 11) is 1.57. The summed E-state index contributed by atoms with van der Waals surface area (Å²) in [5.41, 5.74) is 5.42. The number of benzene rings is 5. The Labute approximate surface area is 352 Å². The van der Waals surface area contributed by atoms with Gasteiger partial charge in [0.25, 0.3) is 5.91 Å². The van der Waals surface area contributed by atoms with Crippen molar-refractivity contribution in [3.05, 3.63) is 173 Å². The Morgan fingerprint density at radius 2 is 1.46 bits per heavy atom. The quantitative estimate of drug-likeness (QED) is 0.0807. The Bertz CT molecular complexity index is 2000. The average Bonchev–Trinajstić information content (AvgIpc) is 3.70. The first-order valence-corrected chi connectivity index (χ1v) is 21.2. The first-order chi connectivity index (χ1) is 28.5. The highest BCUT2D eigenvalue weighted by Crippen LogP contribution is 2.51. The van der Waals surface area contributed by atoms with Gasteiger partial charge >= 0.3 is 6.09 Å². The van der Waals surface area contributed by atoms with Gasteiger partial charge in [-0.3, -0.25) is 9.69 Å². The number of rotatable bonds is 17. The minimum Gasteiger partial charge on any atom is -0.443 e. The molecule has 0 aromatic heterocycles. The maximum absolute atomic E-state index is 14.2. The number of aliphatic hydroxyl groups excluding tert-OH is 1. The Kier molecular flexibility index (Phi) is 15.0. The van der Waals surface area contributed by atoms with Crippen molar-refractivity contribution in [3.63, 3.8) is 0 Å². The standard InChI is InChI=1S/C49H56FN3O5S/c1-48(2,3)58-47(56)53(43-27-24-36(23-20-35-21-25-40(50)26-22-35)45(31-43)46(55)52-41(34-54)28-29-57-4)33-42-30-44(32-51-42)59-49(37-14-8-5-9-15-37,38-16-10-6-11-17-38)39-18-12-7-13-19-39/h5-19,21-22,24-27,31,41-42,44,51,54H,20,23,28-30,32-34H2,1-4H3,(H,52,55)/t41-,42-,44-/m0/s1. The van der Waals surface area contributed by atoms with E-state index in [0.717, 1.165) is 24.1 Å². The Morgan fingerprint density at radius 3 is 2.00 bits per heavy atom. The number of ether oxygens (including phenoxy) is 2. The smallest absolute Gasteiger partial charge is 0.414 e. The van der Waals surface area contributed by atoms with E-state index in [4.69, 9.17) is 9.47 Å². The van der Waals surface area contributed by atoms with Crippen LogP contribution >= 0.6 is 11.8 Å². The van der Waals surface area contributed by atoms with E-state index in [2.05, 4.69) is 83.4 Å². The van der Waals surface area contributed by atoms with E-state index >= 15 is 0 Å². The van der Waals surface area contributed by atoms with Gasteiger partial charge in [0.2, 0.25) is 0 Å². The normalized spacial score (nSPS) is 16.0. The van der Waals surface area contributed by atoms with Crippen LogP contribution in [-0.4, -0.2) is 73.5 Å². The van der Waals surface area contributed by atoms with Crippen LogP contribution in [0.15, 0.2) is 133 Å². The first kappa shape index (κ1) is 43.6. The van der Waals surface area contributed by atoms with Gasteiger partial charge in [-0.25, -0.2) is 9.18 Å². The van der Waals surface area contributed by atoms with Crippen LogP contribution < -0.4 is 15.5 Å². The van der Waals surface area contributed by atoms with Gasteiger partial charge < -0.3 is 25.2 Å².